The summed E-state index contributed by atoms with van der Waals surface area (Å²) >= 11 is 0. The second-order valence-corrected chi connectivity index (χ2v) is 5.79. The number of aromatic nitrogens is 2. The summed E-state index contributed by atoms with van der Waals surface area (Å²) in [4.78, 5) is 8.68. The van der Waals surface area contributed by atoms with Gasteiger partial charge in [0.1, 0.15) is 23.0 Å². The topological polar surface area (TPSA) is 49.8 Å². The van der Waals surface area contributed by atoms with E-state index in [0.717, 1.165) is 0 Å². The number of anilines is 2. The number of nitrogens with zero attached hydrogens (tertiary/aromatic N) is 2. The molecular weight excluding hydrogens is 281 g/mol. The van der Waals surface area contributed by atoms with E-state index < -0.39 is 11.7 Å². The summed E-state index contributed by atoms with van der Waals surface area (Å²) in [6, 6.07) is 0. The maximum absolute atomic E-state index is 13.1. The molecule has 1 aliphatic carbocycles. The molecule has 0 spiro atoms. The quantitative estimate of drug-likeness (QED) is 0.867. The minimum atomic E-state index is -4.26. The molecule has 118 valence electrons. The van der Waals surface area contributed by atoms with Gasteiger partial charge in [-0.25, -0.2) is 9.97 Å². The van der Waals surface area contributed by atoms with Gasteiger partial charge in [0, 0.05) is 18.0 Å². The van der Waals surface area contributed by atoms with Crippen LogP contribution >= 0.6 is 0 Å². The second kappa shape index (κ2) is 5.35. The zero-order chi connectivity index (χ0) is 15.8. The van der Waals surface area contributed by atoms with Crippen LogP contribution in [0.3, 0.4) is 0 Å². The molecule has 21 heavy (non-hydrogen) atoms. The van der Waals surface area contributed by atoms with E-state index in [2.05, 4.69) is 20.6 Å². The average Bonchev–Trinajstić information content (AvgIpc) is 3.14. The Morgan fingerprint density at radius 3 is 2.19 bits per heavy atom. The van der Waals surface area contributed by atoms with Crippen molar-refractivity contribution in [2.75, 3.05) is 17.2 Å². The minimum absolute atomic E-state index is 0.0459. The summed E-state index contributed by atoms with van der Waals surface area (Å²) < 4.78 is 39.3. The molecule has 7 heteroatoms. The van der Waals surface area contributed by atoms with E-state index in [1.54, 1.807) is 6.92 Å². The van der Waals surface area contributed by atoms with Gasteiger partial charge in [-0.2, -0.15) is 13.2 Å². The van der Waals surface area contributed by atoms with Crippen LogP contribution in [0.1, 0.15) is 50.9 Å². The molecule has 2 N–H and O–H groups in total. The number of rotatable bonds is 5. The molecular formula is C14H21F3N4. The number of nitrogens with one attached hydrogen (secondary N) is 2. The summed E-state index contributed by atoms with van der Waals surface area (Å²) in [5.41, 5.74) is -1.19. The lowest BCUT2D eigenvalue weighted by atomic mass is 10.2. The monoisotopic (exact) mass is 302 g/mol. The van der Waals surface area contributed by atoms with Crippen molar-refractivity contribution < 1.29 is 13.2 Å². The molecule has 0 unspecified atom stereocenters. The number of halogens is 3. The molecule has 1 saturated carbocycles. The van der Waals surface area contributed by atoms with Gasteiger partial charge in [-0.3, -0.25) is 0 Å². The molecule has 0 saturated heterocycles. The first-order valence-electron chi connectivity index (χ1n) is 7.17. The van der Waals surface area contributed by atoms with E-state index in [9.17, 15) is 13.2 Å². The summed E-state index contributed by atoms with van der Waals surface area (Å²) in [7, 11) is 0. The largest absolute Gasteiger partial charge is 0.411 e. The maximum Gasteiger partial charge on any atom is 0.411 e. The molecule has 0 aromatic carbocycles. The van der Waals surface area contributed by atoms with Crippen LogP contribution in [-0.2, 0) is 0 Å². The number of alkyl halides is 3. The summed E-state index contributed by atoms with van der Waals surface area (Å²) in [5, 5.41) is 5.70. The molecule has 0 atom stereocenters. The lowest BCUT2D eigenvalue weighted by Gasteiger charge is -2.23. The molecule has 0 aliphatic heterocycles. The van der Waals surface area contributed by atoms with E-state index >= 15 is 0 Å². The zero-order valence-electron chi connectivity index (χ0n) is 12.7. The van der Waals surface area contributed by atoms with Crippen LogP contribution in [0, 0.1) is 6.92 Å². The van der Waals surface area contributed by atoms with E-state index in [4.69, 9.17) is 0 Å². The van der Waals surface area contributed by atoms with E-state index in [-0.39, 0.29) is 24.6 Å². The highest BCUT2D eigenvalue weighted by Gasteiger charge is 2.63. The standard InChI is InChI=1S/C14H21F3N4/c1-5-18-11-9(4)12(20-10(19-11)8(2)3)21-13(6-7-13)14(15,16)17/h8H,5-7H2,1-4H3,(H2,18,19,20,21). The molecule has 4 nitrogen and oxygen atoms in total. The van der Waals surface area contributed by atoms with Crippen molar-refractivity contribution in [3.63, 3.8) is 0 Å². The van der Waals surface area contributed by atoms with Crippen molar-refractivity contribution >= 4 is 11.6 Å². The van der Waals surface area contributed by atoms with Gasteiger partial charge in [0.05, 0.1) is 0 Å². The first kappa shape index (κ1) is 15.9. The Balaban J connectivity index is 2.38. The third-order valence-corrected chi connectivity index (χ3v) is 3.67. The first-order chi connectivity index (χ1) is 9.70. The Bertz CT molecular complexity index is 522. The van der Waals surface area contributed by atoms with Crippen molar-refractivity contribution in [3.05, 3.63) is 11.4 Å². The summed E-state index contributed by atoms with van der Waals surface area (Å²) in [6.45, 7) is 8.14. The minimum Gasteiger partial charge on any atom is -0.370 e. The molecule has 1 aromatic rings. The van der Waals surface area contributed by atoms with Crippen molar-refractivity contribution in [2.24, 2.45) is 0 Å². The zero-order valence-corrected chi connectivity index (χ0v) is 12.7. The van der Waals surface area contributed by atoms with Crippen molar-refractivity contribution in [1.29, 1.82) is 0 Å². The van der Waals surface area contributed by atoms with Crippen LogP contribution in [0.5, 0.6) is 0 Å². The van der Waals surface area contributed by atoms with Gasteiger partial charge in [0.25, 0.3) is 0 Å². The van der Waals surface area contributed by atoms with Crippen LogP contribution in [0.15, 0.2) is 0 Å². The number of hydrogen-bond acceptors (Lipinski definition) is 4. The van der Waals surface area contributed by atoms with Crippen LogP contribution in [0.2, 0.25) is 0 Å². The van der Waals surface area contributed by atoms with E-state index in [1.165, 1.54) is 0 Å². The SMILES string of the molecule is CCNc1nc(C(C)C)nc(NC2(C(F)(F)F)CC2)c1C. The van der Waals surface area contributed by atoms with Crippen LogP contribution < -0.4 is 10.6 Å². The smallest absolute Gasteiger partial charge is 0.370 e. The average molecular weight is 302 g/mol. The number of hydrogen-bond donors (Lipinski definition) is 2. The molecule has 1 heterocycles. The Kier molecular flexibility index (Phi) is 4.04. The van der Waals surface area contributed by atoms with Crippen LogP contribution in [-0.4, -0.2) is 28.2 Å². The van der Waals surface area contributed by atoms with Gasteiger partial charge in [-0.15, -0.1) is 0 Å². The van der Waals surface area contributed by atoms with Gasteiger partial charge in [-0.05, 0) is 26.7 Å². The van der Waals surface area contributed by atoms with Crippen LogP contribution in [0.25, 0.3) is 0 Å². The third-order valence-electron chi connectivity index (χ3n) is 3.67. The summed E-state index contributed by atoms with van der Waals surface area (Å²) in [5.74, 6) is 1.46. The van der Waals surface area contributed by atoms with Gasteiger partial charge >= 0.3 is 6.18 Å². The van der Waals surface area contributed by atoms with Crippen molar-refractivity contribution in [1.82, 2.24) is 9.97 Å². The molecule has 1 fully saturated rings. The normalized spacial score (nSPS) is 17.0. The van der Waals surface area contributed by atoms with Gasteiger partial charge in [0.15, 0.2) is 0 Å². The fourth-order valence-corrected chi connectivity index (χ4v) is 2.08. The summed E-state index contributed by atoms with van der Waals surface area (Å²) in [6.07, 6.45) is -4.08. The Morgan fingerprint density at radius 2 is 1.76 bits per heavy atom. The lowest BCUT2D eigenvalue weighted by Crippen LogP contribution is -2.39. The van der Waals surface area contributed by atoms with Gasteiger partial charge < -0.3 is 10.6 Å². The van der Waals surface area contributed by atoms with Crippen molar-refractivity contribution in [3.8, 4) is 0 Å². The van der Waals surface area contributed by atoms with E-state index in [1.807, 2.05) is 20.8 Å². The van der Waals surface area contributed by atoms with Gasteiger partial charge in [-0.1, -0.05) is 13.8 Å². The highest BCUT2D eigenvalue weighted by Crippen LogP contribution is 2.51. The first-order valence-corrected chi connectivity index (χ1v) is 7.17. The van der Waals surface area contributed by atoms with E-state index in [0.29, 0.717) is 23.8 Å². The Hall–Kier alpha value is -1.53. The lowest BCUT2D eigenvalue weighted by molar-refractivity contribution is -0.151. The fourth-order valence-electron chi connectivity index (χ4n) is 2.08. The molecule has 0 amide bonds. The highest BCUT2D eigenvalue weighted by atomic mass is 19.4. The molecule has 2 rings (SSSR count). The fraction of sp³-hybridized carbons (Fsp3) is 0.714. The molecule has 0 bridgehead atoms. The molecule has 1 aliphatic rings. The van der Waals surface area contributed by atoms with Gasteiger partial charge in [0.2, 0.25) is 0 Å². The predicted molar refractivity (Wildman–Crippen MR) is 76.7 cm³/mol. The maximum atomic E-state index is 13.1. The molecule has 0 radical (unpaired) electrons. The Labute approximate surface area is 122 Å². The Morgan fingerprint density at radius 1 is 1.19 bits per heavy atom. The third kappa shape index (κ3) is 3.06. The highest BCUT2D eigenvalue weighted by molar-refractivity contribution is 5.59. The van der Waals surface area contributed by atoms with Crippen LogP contribution in [0.4, 0.5) is 24.8 Å². The second-order valence-electron chi connectivity index (χ2n) is 5.79. The van der Waals surface area contributed by atoms with Crippen molar-refractivity contribution in [2.45, 2.75) is 58.2 Å². The predicted octanol–water partition coefficient (Wildman–Crippen LogP) is 3.85. The molecule has 1 aromatic heterocycles.